The molecule has 6 nitrogen and oxygen atoms in total. The second-order valence-corrected chi connectivity index (χ2v) is 8.05. The van der Waals surface area contributed by atoms with E-state index in [1.165, 1.54) is 11.8 Å². The number of benzene rings is 3. The van der Waals surface area contributed by atoms with Gasteiger partial charge in [-0.25, -0.2) is 0 Å². The molecule has 31 heavy (non-hydrogen) atoms. The van der Waals surface area contributed by atoms with Crippen LogP contribution in [0, 0.1) is 0 Å². The second kappa shape index (κ2) is 9.78. The number of amides is 1. The molecule has 0 aliphatic heterocycles. The topological polar surface area (TPSA) is 80.0 Å². The second-order valence-electron chi connectivity index (χ2n) is 6.67. The van der Waals surface area contributed by atoms with Gasteiger partial charge >= 0.3 is 0 Å². The van der Waals surface area contributed by atoms with Crippen LogP contribution < -0.4 is 5.32 Å². The van der Waals surface area contributed by atoms with Gasteiger partial charge in [0.2, 0.25) is 5.91 Å². The van der Waals surface area contributed by atoms with E-state index in [2.05, 4.69) is 15.5 Å². The number of carbonyl (C=O) groups excluding carboxylic acids is 1. The van der Waals surface area contributed by atoms with Crippen molar-refractivity contribution in [3.63, 3.8) is 0 Å². The highest BCUT2D eigenvalue weighted by atomic mass is 35.5. The van der Waals surface area contributed by atoms with E-state index in [-0.39, 0.29) is 11.7 Å². The van der Waals surface area contributed by atoms with Crippen molar-refractivity contribution in [2.75, 3.05) is 11.1 Å². The zero-order valence-electron chi connectivity index (χ0n) is 16.4. The minimum atomic E-state index is -0.955. The van der Waals surface area contributed by atoms with E-state index in [0.717, 1.165) is 5.69 Å². The fourth-order valence-electron chi connectivity index (χ4n) is 3.05. The van der Waals surface area contributed by atoms with Gasteiger partial charge < -0.3 is 10.4 Å². The minimum absolute atomic E-state index is 0.124. The number of hydrogen-bond donors (Lipinski definition) is 2. The normalized spacial score (nSPS) is 11.8. The molecule has 0 aliphatic rings. The van der Waals surface area contributed by atoms with E-state index in [4.69, 9.17) is 11.6 Å². The van der Waals surface area contributed by atoms with Crippen LogP contribution in [0.25, 0.3) is 5.69 Å². The predicted molar refractivity (Wildman–Crippen MR) is 123 cm³/mol. The molecule has 156 valence electrons. The lowest BCUT2D eigenvalue weighted by Crippen LogP contribution is -2.15. The van der Waals surface area contributed by atoms with Crippen LogP contribution >= 0.6 is 23.4 Å². The fraction of sp³-hybridized carbons (Fsp3) is 0.0870. The van der Waals surface area contributed by atoms with Gasteiger partial charge in [-0.15, -0.1) is 10.2 Å². The van der Waals surface area contributed by atoms with Crippen LogP contribution in [0.2, 0.25) is 5.02 Å². The number of aliphatic hydroxyl groups is 1. The molecule has 1 heterocycles. The van der Waals surface area contributed by atoms with Crippen molar-refractivity contribution in [2.45, 2.75) is 11.3 Å². The van der Waals surface area contributed by atoms with E-state index < -0.39 is 6.10 Å². The Kier molecular flexibility index (Phi) is 6.66. The number of halogens is 1. The number of hydrogen-bond acceptors (Lipinski definition) is 5. The summed E-state index contributed by atoms with van der Waals surface area (Å²) in [5.41, 5.74) is 2.14. The van der Waals surface area contributed by atoms with Gasteiger partial charge in [-0.05, 0) is 35.9 Å². The minimum Gasteiger partial charge on any atom is -0.380 e. The number of carbonyl (C=O) groups is 1. The zero-order chi connectivity index (χ0) is 21.6. The number of para-hydroxylation sites is 1. The lowest BCUT2D eigenvalue weighted by Gasteiger charge is -2.14. The Bertz CT molecular complexity index is 1170. The van der Waals surface area contributed by atoms with Crippen molar-refractivity contribution >= 4 is 35.0 Å². The first-order valence-corrected chi connectivity index (χ1v) is 10.9. The lowest BCUT2D eigenvalue weighted by atomic mass is 10.1. The summed E-state index contributed by atoms with van der Waals surface area (Å²) < 4.78 is 1.77. The number of thioether (sulfide) groups is 1. The Labute approximate surface area is 188 Å². The monoisotopic (exact) mass is 450 g/mol. The van der Waals surface area contributed by atoms with Gasteiger partial charge in [-0.1, -0.05) is 78.0 Å². The van der Waals surface area contributed by atoms with E-state index in [1.807, 2.05) is 60.7 Å². The molecule has 0 aliphatic carbocycles. The van der Waals surface area contributed by atoms with Crippen LogP contribution in [0.3, 0.4) is 0 Å². The molecule has 0 fully saturated rings. The Balaban J connectivity index is 1.57. The van der Waals surface area contributed by atoms with Gasteiger partial charge in [0, 0.05) is 16.4 Å². The summed E-state index contributed by atoms with van der Waals surface area (Å²) >= 11 is 7.21. The van der Waals surface area contributed by atoms with Crippen molar-refractivity contribution in [2.24, 2.45) is 0 Å². The average molecular weight is 451 g/mol. The van der Waals surface area contributed by atoms with E-state index in [0.29, 0.717) is 27.3 Å². The SMILES string of the molecule is O=C(CSc1nnc([C@H](O)c2ccccc2)n1-c1ccccc1)Nc1cccc(Cl)c1. The predicted octanol–water partition coefficient (Wildman–Crippen LogP) is 4.73. The number of nitrogens with one attached hydrogen (secondary N) is 1. The first-order valence-electron chi connectivity index (χ1n) is 9.54. The first kappa shape index (κ1) is 21.1. The Morgan fingerprint density at radius 1 is 1.00 bits per heavy atom. The fourth-order valence-corrected chi connectivity index (χ4v) is 4.00. The summed E-state index contributed by atoms with van der Waals surface area (Å²) in [6.45, 7) is 0. The van der Waals surface area contributed by atoms with Gasteiger partial charge in [0.05, 0.1) is 5.75 Å². The molecule has 0 saturated carbocycles. The molecule has 4 rings (SSSR count). The molecule has 3 aromatic carbocycles. The van der Waals surface area contributed by atoms with Gasteiger partial charge in [0.15, 0.2) is 11.0 Å². The summed E-state index contributed by atoms with van der Waals surface area (Å²) in [5.74, 6) is 0.314. The van der Waals surface area contributed by atoms with Crippen molar-refractivity contribution < 1.29 is 9.90 Å². The molecule has 0 saturated heterocycles. The first-order chi connectivity index (χ1) is 15.1. The standard InChI is InChI=1S/C23H19ClN4O2S/c24-17-10-7-11-18(14-17)25-20(29)15-31-23-27-26-22(21(30)16-8-3-1-4-9-16)28(23)19-12-5-2-6-13-19/h1-14,21,30H,15H2,(H,25,29)/t21-/m1/s1. The van der Waals surface area contributed by atoms with Gasteiger partial charge in [-0.2, -0.15) is 0 Å². The summed E-state index contributed by atoms with van der Waals surface area (Å²) in [5, 5.41) is 23.3. The molecular weight excluding hydrogens is 432 g/mol. The van der Waals surface area contributed by atoms with Crippen LogP contribution in [-0.4, -0.2) is 31.5 Å². The maximum atomic E-state index is 12.4. The number of rotatable bonds is 7. The Morgan fingerprint density at radius 3 is 2.42 bits per heavy atom. The average Bonchev–Trinajstić information content (AvgIpc) is 3.22. The number of anilines is 1. The summed E-state index contributed by atoms with van der Waals surface area (Å²) in [7, 11) is 0. The molecule has 2 N–H and O–H groups in total. The highest BCUT2D eigenvalue weighted by molar-refractivity contribution is 7.99. The van der Waals surface area contributed by atoms with Crippen LogP contribution in [-0.2, 0) is 4.79 Å². The smallest absolute Gasteiger partial charge is 0.234 e. The highest BCUT2D eigenvalue weighted by Crippen LogP contribution is 2.28. The zero-order valence-corrected chi connectivity index (χ0v) is 17.9. The Morgan fingerprint density at radius 2 is 1.71 bits per heavy atom. The van der Waals surface area contributed by atoms with Crippen molar-refractivity contribution in [3.8, 4) is 5.69 Å². The van der Waals surface area contributed by atoms with Crippen LogP contribution in [0.1, 0.15) is 17.5 Å². The summed E-state index contributed by atoms with van der Waals surface area (Å²) in [6.07, 6.45) is -0.955. The maximum Gasteiger partial charge on any atom is 0.234 e. The molecular formula is C23H19ClN4O2S. The molecule has 1 aromatic heterocycles. The van der Waals surface area contributed by atoms with Crippen LogP contribution in [0.5, 0.6) is 0 Å². The molecule has 4 aromatic rings. The molecule has 0 bridgehead atoms. The molecule has 8 heteroatoms. The largest absolute Gasteiger partial charge is 0.380 e. The molecule has 1 atom stereocenters. The van der Waals surface area contributed by atoms with Crippen molar-refractivity contribution in [1.29, 1.82) is 0 Å². The van der Waals surface area contributed by atoms with Crippen LogP contribution in [0.4, 0.5) is 5.69 Å². The van der Waals surface area contributed by atoms with Gasteiger partial charge in [0.25, 0.3) is 0 Å². The van der Waals surface area contributed by atoms with Crippen molar-refractivity contribution in [1.82, 2.24) is 14.8 Å². The molecule has 1 amide bonds. The summed E-state index contributed by atoms with van der Waals surface area (Å²) in [6, 6.07) is 25.8. The van der Waals surface area contributed by atoms with E-state index in [9.17, 15) is 9.90 Å². The third-order valence-electron chi connectivity index (χ3n) is 4.47. The number of nitrogens with zero attached hydrogens (tertiary/aromatic N) is 3. The third kappa shape index (κ3) is 5.14. The van der Waals surface area contributed by atoms with Gasteiger partial charge in [-0.3, -0.25) is 9.36 Å². The molecule has 0 spiro atoms. The quantitative estimate of drug-likeness (QED) is 0.398. The Hall–Kier alpha value is -3.13. The maximum absolute atomic E-state index is 12.4. The number of aliphatic hydroxyl groups excluding tert-OH is 1. The highest BCUT2D eigenvalue weighted by Gasteiger charge is 2.22. The van der Waals surface area contributed by atoms with E-state index >= 15 is 0 Å². The number of aromatic nitrogens is 3. The van der Waals surface area contributed by atoms with Gasteiger partial charge in [0.1, 0.15) is 6.10 Å². The van der Waals surface area contributed by atoms with Crippen LogP contribution in [0.15, 0.2) is 90.1 Å². The van der Waals surface area contributed by atoms with Crippen molar-refractivity contribution in [3.05, 3.63) is 101 Å². The summed E-state index contributed by atoms with van der Waals surface area (Å²) in [4.78, 5) is 12.4. The molecule has 0 radical (unpaired) electrons. The molecule has 0 unspecified atom stereocenters. The lowest BCUT2D eigenvalue weighted by molar-refractivity contribution is -0.113. The third-order valence-corrected chi connectivity index (χ3v) is 5.64. The van der Waals surface area contributed by atoms with E-state index in [1.54, 1.807) is 28.8 Å².